The maximum absolute atomic E-state index is 4.26. The minimum Gasteiger partial charge on any atom is -0.307 e. The average Bonchev–Trinajstić information content (AvgIpc) is 2.89. The molecule has 5 heteroatoms. The summed E-state index contributed by atoms with van der Waals surface area (Å²) in [7, 11) is 0. The SMILES string of the molecule is CC(C)N1CCC(NCc2nnc3ccccn23)CC1. The van der Waals surface area contributed by atoms with Gasteiger partial charge in [0.15, 0.2) is 11.5 Å². The van der Waals surface area contributed by atoms with Gasteiger partial charge < -0.3 is 10.2 Å². The van der Waals surface area contributed by atoms with Gasteiger partial charge in [-0.1, -0.05) is 6.07 Å². The Bertz CT molecular complexity index is 554. The number of hydrogen-bond donors (Lipinski definition) is 1. The molecule has 0 bridgehead atoms. The Morgan fingerprint density at radius 3 is 2.80 bits per heavy atom. The van der Waals surface area contributed by atoms with E-state index in [2.05, 4.69) is 38.7 Å². The Morgan fingerprint density at radius 1 is 1.25 bits per heavy atom. The lowest BCUT2D eigenvalue weighted by Gasteiger charge is -2.34. The third-order valence-corrected chi connectivity index (χ3v) is 4.19. The molecule has 0 aliphatic carbocycles. The topological polar surface area (TPSA) is 45.5 Å². The zero-order chi connectivity index (χ0) is 13.9. The fourth-order valence-electron chi connectivity index (χ4n) is 2.87. The van der Waals surface area contributed by atoms with Gasteiger partial charge in [0.2, 0.25) is 0 Å². The molecule has 0 amide bonds. The highest BCUT2D eigenvalue weighted by atomic mass is 15.3. The lowest BCUT2D eigenvalue weighted by atomic mass is 10.0. The monoisotopic (exact) mass is 273 g/mol. The van der Waals surface area contributed by atoms with Gasteiger partial charge >= 0.3 is 0 Å². The van der Waals surface area contributed by atoms with Crippen molar-refractivity contribution in [2.24, 2.45) is 0 Å². The highest BCUT2D eigenvalue weighted by Crippen LogP contribution is 2.13. The summed E-state index contributed by atoms with van der Waals surface area (Å²) in [6, 6.07) is 7.25. The van der Waals surface area contributed by atoms with Crippen molar-refractivity contribution in [3.05, 3.63) is 30.2 Å². The van der Waals surface area contributed by atoms with Crippen molar-refractivity contribution >= 4 is 5.65 Å². The molecule has 2 aromatic rings. The molecule has 0 aromatic carbocycles. The molecule has 0 saturated carbocycles. The molecule has 1 aliphatic heterocycles. The number of nitrogens with one attached hydrogen (secondary N) is 1. The molecule has 0 unspecified atom stereocenters. The van der Waals surface area contributed by atoms with Gasteiger partial charge in [0.1, 0.15) is 0 Å². The summed E-state index contributed by atoms with van der Waals surface area (Å²) >= 11 is 0. The normalized spacial score (nSPS) is 18.1. The van der Waals surface area contributed by atoms with Crippen LogP contribution in [0, 0.1) is 0 Å². The van der Waals surface area contributed by atoms with E-state index in [1.165, 1.54) is 25.9 Å². The number of piperidine rings is 1. The van der Waals surface area contributed by atoms with Crippen molar-refractivity contribution in [1.82, 2.24) is 24.8 Å². The van der Waals surface area contributed by atoms with Crippen molar-refractivity contribution in [3.63, 3.8) is 0 Å². The summed E-state index contributed by atoms with van der Waals surface area (Å²) in [4.78, 5) is 2.55. The van der Waals surface area contributed by atoms with Crippen LogP contribution in [0.5, 0.6) is 0 Å². The highest BCUT2D eigenvalue weighted by Gasteiger charge is 2.20. The van der Waals surface area contributed by atoms with Crippen molar-refractivity contribution in [2.75, 3.05) is 13.1 Å². The smallest absolute Gasteiger partial charge is 0.160 e. The van der Waals surface area contributed by atoms with Gasteiger partial charge in [-0.15, -0.1) is 10.2 Å². The first-order valence-corrected chi connectivity index (χ1v) is 7.50. The number of rotatable bonds is 4. The predicted molar refractivity (Wildman–Crippen MR) is 79.6 cm³/mol. The molecule has 0 radical (unpaired) electrons. The van der Waals surface area contributed by atoms with Crippen LogP contribution in [0.25, 0.3) is 5.65 Å². The molecular formula is C15H23N5. The van der Waals surface area contributed by atoms with Crippen LogP contribution >= 0.6 is 0 Å². The van der Waals surface area contributed by atoms with E-state index in [1.807, 2.05) is 24.4 Å². The molecule has 1 fully saturated rings. The first-order chi connectivity index (χ1) is 9.74. The lowest BCUT2D eigenvalue weighted by Crippen LogP contribution is -2.44. The van der Waals surface area contributed by atoms with Crippen LogP contribution < -0.4 is 5.32 Å². The summed E-state index contributed by atoms with van der Waals surface area (Å²) in [5.41, 5.74) is 0.916. The Balaban J connectivity index is 1.55. The number of fused-ring (bicyclic) bond motifs is 1. The number of nitrogens with zero attached hydrogens (tertiary/aromatic N) is 4. The molecule has 3 rings (SSSR count). The van der Waals surface area contributed by atoms with Crippen LogP contribution in [-0.4, -0.2) is 44.7 Å². The molecule has 1 N–H and O–H groups in total. The fourth-order valence-corrected chi connectivity index (χ4v) is 2.87. The van der Waals surface area contributed by atoms with E-state index in [-0.39, 0.29) is 0 Å². The zero-order valence-electron chi connectivity index (χ0n) is 12.3. The summed E-state index contributed by atoms with van der Waals surface area (Å²) in [5.74, 6) is 0.992. The van der Waals surface area contributed by atoms with E-state index in [0.717, 1.165) is 18.0 Å². The van der Waals surface area contributed by atoms with Crippen LogP contribution in [0.2, 0.25) is 0 Å². The Kier molecular flexibility index (Phi) is 3.98. The number of pyridine rings is 1. The second kappa shape index (κ2) is 5.89. The van der Waals surface area contributed by atoms with E-state index in [9.17, 15) is 0 Å². The summed E-state index contributed by atoms with van der Waals surface area (Å²) in [6.45, 7) is 7.72. The Morgan fingerprint density at radius 2 is 2.05 bits per heavy atom. The predicted octanol–water partition coefficient (Wildman–Crippen LogP) is 1.69. The Hall–Kier alpha value is -1.46. The largest absolute Gasteiger partial charge is 0.307 e. The van der Waals surface area contributed by atoms with E-state index in [4.69, 9.17) is 0 Å². The van der Waals surface area contributed by atoms with Gasteiger partial charge in [-0.25, -0.2) is 0 Å². The summed E-state index contributed by atoms with van der Waals surface area (Å²) in [6.07, 6.45) is 4.46. The maximum atomic E-state index is 4.26. The number of hydrogen-bond acceptors (Lipinski definition) is 4. The molecule has 5 nitrogen and oxygen atoms in total. The number of likely N-dealkylation sites (tertiary alicyclic amines) is 1. The highest BCUT2D eigenvalue weighted by molar-refractivity contribution is 5.36. The van der Waals surface area contributed by atoms with E-state index in [0.29, 0.717) is 12.1 Å². The molecule has 0 atom stereocenters. The van der Waals surface area contributed by atoms with Gasteiger partial charge in [-0.05, 0) is 51.9 Å². The van der Waals surface area contributed by atoms with Gasteiger partial charge in [-0.3, -0.25) is 4.40 Å². The van der Waals surface area contributed by atoms with Crippen LogP contribution in [0.4, 0.5) is 0 Å². The standard InChI is InChI=1S/C15H23N5/c1-12(2)19-9-6-13(7-10-19)16-11-15-18-17-14-5-3-4-8-20(14)15/h3-5,8,12-13,16H,6-7,9-11H2,1-2H3. The maximum Gasteiger partial charge on any atom is 0.160 e. The molecule has 2 aromatic heterocycles. The average molecular weight is 273 g/mol. The number of aromatic nitrogens is 3. The molecule has 1 aliphatic rings. The van der Waals surface area contributed by atoms with Crippen molar-refractivity contribution < 1.29 is 0 Å². The second-order valence-electron chi connectivity index (χ2n) is 5.83. The van der Waals surface area contributed by atoms with Crippen molar-refractivity contribution in [3.8, 4) is 0 Å². The molecule has 3 heterocycles. The summed E-state index contributed by atoms with van der Waals surface area (Å²) < 4.78 is 2.05. The Labute approximate surface area is 120 Å². The van der Waals surface area contributed by atoms with E-state index >= 15 is 0 Å². The second-order valence-corrected chi connectivity index (χ2v) is 5.83. The minimum atomic E-state index is 0.598. The van der Waals surface area contributed by atoms with Crippen LogP contribution in [0.3, 0.4) is 0 Å². The lowest BCUT2D eigenvalue weighted by molar-refractivity contribution is 0.160. The van der Waals surface area contributed by atoms with Gasteiger partial charge in [-0.2, -0.15) is 0 Å². The minimum absolute atomic E-state index is 0.598. The third kappa shape index (κ3) is 2.83. The first-order valence-electron chi connectivity index (χ1n) is 7.50. The van der Waals surface area contributed by atoms with E-state index < -0.39 is 0 Å². The molecule has 1 saturated heterocycles. The van der Waals surface area contributed by atoms with E-state index in [1.54, 1.807) is 0 Å². The molecular weight excluding hydrogens is 250 g/mol. The van der Waals surface area contributed by atoms with Gasteiger partial charge in [0, 0.05) is 18.3 Å². The quantitative estimate of drug-likeness (QED) is 0.921. The van der Waals surface area contributed by atoms with Crippen molar-refractivity contribution in [2.45, 2.75) is 45.3 Å². The van der Waals surface area contributed by atoms with Crippen molar-refractivity contribution in [1.29, 1.82) is 0 Å². The van der Waals surface area contributed by atoms with Crippen LogP contribution in [-0.2, 0) is 6.54 Å². The van der Waals surface area contributed by atoms with Crippen LogP contribution in [0.1, 0.15) is 32.5 Å². The zero-order valence-corrected chi connectivity index (χ0v) is 12.3. The van der Waals surface area contributed by atoms with Gasteiger partial charge in [0.05, 0.1) is 6.54 Å². The van der Waals surface area contributed by atoms with Crippen LogP contribution in [0.15, 0.2) is 24.4 Å². The fraction of sp³-hybridized carbons (Fsp3) is 0.600. The molecule has 0 spiro atoms. The van der Waals surface area contributed by atoms with Gasteiger partial charge in [0.25, 0.3) is 0 Å². The molecule has 108 valence electrons. The first kappa shape index (κ1) is 13.5. The third-order valence-electron chi connectivity index (χ3n) is 4.19. The summed E-state index contributed by atoms with van der Waals surface area (Å²) in [5, 5.41) is 12.1. The molecule has 20 heavy (non-hydrogen) atoms.